The Kier molecular flexibility index (Phi) is 5.35. The van der Waals surface area contributed by atoms with Crippen molar-refractivity contribution in [1.82, 2.24) is 9.13 Å². The second-order valence-electron chi connectivity index (χ2n) is 4.02. The molecule has 1 N–H and O–H groups in total. The third-order valence-electron chi connectivity index (χ3n) is 2.58. The first-order valence-electron chi connectivity index (χ1n) is 6.20. The number of carbonyl (C=O) groups excluding carboxylic acids is 1. The normalized spacial score (nSPS) is 10.4. The topological polar surface area (TPSA) is 90.5 Å². The molecule has 1 rings (SSSR count). The van der Waals surface area contributed by atoms with Crippen LogP contribution in [0, 0.1) is 0 Å². The first kappa shape index (κ1) is 15.0. The van der Waals surface area contributed by atoms with Crippen molar-refractivity contribution in [3.8, 4) is 5.88 Å². The highest BCUT2D eigenvalue weighted by Crippen LogP contribution is 2.02. The van der Waals surface area contributed by atoms with Crippen molar-refractivity contribution in [3.05, 3.63) is 26.9 Å². The SMILES string of the molecule is CCCCn1c(=O)cc(O)n(CC(=O)OCC)c1=O. The molecule has 0 saturated heterocycles. The first-order valence-corrected chi connectivity index (χ1v) is 6.20. The number of hydrogen-bond acceptors (Lipinski definition) is 5. The van der Waals surface area contributed by atoms with Gasteiger partial charge in [-0.25, -0.2) is 4.79 Å². The smallest absolute Gasteiger partial charge is 0.334 e. The number of esters is 1. The van der Waals surface area contributed by atoms with Gasteiger partial charge in [-0.1, -0.05) is 13.3 Å². The molecule has 0 aliphatic rings. The molecular weight excluding hydrogens is 252 g/mol. The Labute approximate surface area is 110 Å². The molecule has 106 valence electrons. The zero-order valence-electron chi connectivity index (χ0n) is 11.1. The highest BCUT2D eigenvalue weighted by molar-refractivity contribution is 5.69. The van der Waals surface area contributed by atoms with Crippen LogP contribution in [0.15, 0.2) is 15.7 Å². The van der Waals surface area contributed by atoms with Gasteiger partial charge in [0.05, 0.1) is 12.7 Å². The fourth-order valence-electron chi connectivity index (χ4n) is 1.61. The summed E-state index contributed by atoms with van der Waals surface area (Å²) in [6.45, 7) is 3.61. The third-order valence-corrected chi connectivity index (χ3v) is 2.58. The average molecular weight is 270 g/mol. The first-order chi connectivity index (χ1) is 9.01. The van der Waals surface area contributed by atoms with Crippen LogP contribution in [0.4, 0.5) is 0 Å². The average Bonchev–Trinajstić information content (AvgIpc) is 2.34. The van der Waals surface area contributed by atoms with Gasteiger partial charge in [0.1, 0.15) is 6.54 Å². The van der Waals surface area contributed by atoms with Crippen LogP contribution in [0.2, 0.25) is 0 Å². The molecule has 7 heteroatoms. The summed E-state index contributed by atoms with van der Waals surface area (Å²) in [4.78, 5) is 35.0. The molecule has 0 atom stereocenters. The van der Waals surface area contributed by atoms with Crippen LogP contribution in [-0.4, -0.2) is 26.8 Å². The molecule has 0 saturated carbocycles. The number of nitrogens with zero attached hydrogens (tertiary/aromatic N) is 2. The Morgan fingerprint density at radius 1 is 1.32 bits per heavy atom. The van der Waals surface area contributed by atoms with Crippen LogP contribution in [0.1, 0.15) is 26.7 Å². The summed E-state index contributed by atoms with van der Waals surface area (Å²) in [6, 6.07) is 0.927. The monoisotopic (exact) mass is 270 g/mol. The minimum atomic E-state index is -0.702. The van der Waals surface area contributed by atoms with Gasteiger partial charge in [-0.2, -0.15) is 0 Å². The van der Waals surface area contributed by atoms with Crippen LogP contribution in [0.3, 0.4) is 0 Å². The Morgan fingerprint density at radius 2 is 2.00 bits per heavy atom. The Morgan fingerprint density at radius 3 is 2.58 bits per heavy atom. The largest absolute Gasteiger partial charge is 0.494 e. The highest BCUT2D eigenvalue weighted by Gasteiger charge is 2.13. The van der Waals surface area contributed by atoms with Crippen molar-refractivity contribution in [1.29, 1.82) is 0 Å². The summed E-state index contributed by atoms with van der Waals surface area (Å²) in [5, 5.41) is 9.58. The van der Waals surface area contributed by atoms with E-state index in [0.717, 1.165) is 21.6 Å². The van der Waals surface area contributed by atoms with E-state index in [4.69, 9.17) is 4.74 Å². The molecule has 0 amide bonds. The number of aromatic hydroxyl groups is 1. The summed E-state index contributed by atoms with van der Waals surface area (Å²) in [5.74, 6) is -1.17. The Hall–Kier alpha value is -2.05. The molecule has 0 fully saturated rings. The van der Waals surface area contributed by atoms with Gasteiger partial charge >= 0.3 is 11.7 Å². The van der Waals surface area contributed by atoms with Crippen molar-refractivity contribution >= 4 is 5.97 Å². The molecule has 0 aliphatic heterocycles. The van der Waals surface area contributed by atoms with Crippen molar-refractivity contribution in [2.45, 2.75) is 39.8 Å². The molecule has 19 heavy (non-hydrogen) atoms. The highest BCUT2D eigenvalue weighted by atomic mass is 16.5. The molecule has 1 aromatic rings. The van der Waals surface area contributed by atoms with Gasteiger partial charge in [-0.05, 0) is 13.3 Å². The van der Waals surface area contributed by atoms with Gasteiger partial charge in [-0.3, -0.25) is 18.7 Å². The zero-order valence-corrected chi connectivity index (χ0v) is 11.1. The van der Waals surface area contributed by atoms with Gasteiger partial charge in [0.25, 0.3) is 5.56 Å². The number of carbonyl (C=O) groups is 1. The standard InChI is InChI=1S/C12H18N2O5/c1-3-5-6-13-9(15)7-10(16)14(12(13)18)8-11(17)19-4-2/h7,16H,3-6,8H2,1-2H3. The van der Waals surface area contributed by atoms with Crippen molar-refractivity contribution < 1.29 is 14.6 Å². The maximum Gasteiger partial charge on any atom is 0.334 e. The van der Waals surface area contributed by atoms with E-state index >= 15 is 0 Å². The maximum absolute atomic E-state index is 12.0. The second-order valence-corrected chi connectivity index (χ2v) is 4.02. The molecule has 1 heterocycles. The quantitative estimate of drug-likeness (QED) is 0.739. The summed E-state index contributed by atoms with van der Waals surface area (Å²) < 4.78 is 6.54. The lowest BCUT2D eigenvalue weighted by molar-refractivity contribution is -0.144. The molecule has 0 bridgehead atoms. The third kappa shape index (κ3) is 3.70. The molecule has 1 aromatic heterocycles. The van der Waals surface area contributed by atoms with E-state index in [1.165, 1.54) is 0 Å². The lowest BCUT2D eigenvalue weighted by Gasteiger charge is -2.11. The van der Waals surface area contributed by atoms with Crippen LogP contribution in [0.5, 0.6) is 5.88 Å². The van der Waals surface area contributed by atoms with Crippen LogP contribution in [-0.2, 0) is 22.6 Å². The van der Waals surface area contributed by atoms with E-state index in [1.54, 1.807) is 6.92 Å². The van der Waals surface area contributed by atoms with Crippen LogP contribution in [0.25, 0.3) is 0 Å². The summed E-state index contributed by atoms with van der Waals surface area (Å²) >= 11 is 0. The van der Waals surface area contributed by atoms with E-state index in [0.29, 0.717) is 6.42 Å². The van der Waals surface area contributed by atoms with Gasteiger partial charge in [0.15, 0.2) is 0 Å². The number of hydrogen-bond donors (Lipinski definition) is 1. The van der Waals surface area contributed by atoms with E-state index in [2.05, 4.69) is 0 Å². The predicted octanol–water partition coefficient (Wildman–Crippen LogP) is 0.0788. The Bertz CT molecular complexity index is 558. The van der Waals surface area contributed by atoms with Crippen molar-refractivity contribution in [2.24, 2.45) is 0 Å². The Balaban J connectivity index is 3.14. The van der Waals surface area contributed by atoms with Crippen LogP contribution >= 0.6 is 0 Å². The molecule has 0 aromatic carbocycles. The molecule has 0 spiro atoms. The summed E-state index contributed by atoms with van der Waals surface area (Å²) in [6.07, 6.45) is 1.49. The van der Waals surface area contributed by atoms with E-state index in [1.807, 2.05) is 6.92 Å². The number of aromatic nitrogens is 2. The lowest BCUT2D eigenvalue weighted by Crippen LogP contribution is -2.40. The van der Waals surface area contributed by atoms with Crippen LogP contribution < -0.4 is 11.2 Å². The van der Waals surface area contributed by atoms with Gasteiger partial charge in [-0.15, -0.1) is 0 Å². The van der Waals surface area contributed by atoms with Crippen molar-refractivity contribution in [3.63, 3.8) is 0 Å². The molecule has 0 unspecified atom stereocenters. The molecule has 7 nitrogen and oxygen atoms in total. The van der Waals surface area contributed by atoms with Crippen molar-refractivity contribution in [2.75, 3.05) is 6.61 Å². The minimum absolute atomic E-state index is 0.184. The predicted molar refractivity (Wildman–Crippen MR) is 68.2 cm³/mol. The summed E-state index contributed by atoms with van der Waals surface area (Å²) in [7, 11) is 0. The second kappa shape index (κ2) is 6.77. The minimum Gasteiger partial charge on any atom is -0.494 e. The molecule has 0 aliphatic carbocycles. The number of rotatable bonds is 6. The maximum atomic E-state index is 12.0. The lowest BCUT2D eigenvalue weighted by atomic mass is 10.3. The number of unbranched alkanes of at least 4 members (excludes halogenated alkanes) is 1. The zero-order chi connectivity index (χ0) is 14.4. The fraction of sp³-hybridized carbons (Fsp3) is 0.583. The van der Waals surface area contributed by atoms with E-state index in [9.17, 15) is 19.5 Å². The molecular formula is C12H18N2O5. The fourth-order valence-corrected chi connectivity index (χ4v) is 1.61. The van der Waals surface area contributed by atoms with E-state index in [-0.39, 0.29) is 13.2 Å². The number of ether oxygens (including phenoxy) is 1. The summed E-state index contributed by atoms with van der Waals surface area (Å²) in [5.41, 5.74) is -1.28. The van der Waals surface area contributed by atoms with E-state index < -0.39 is 29.6 Å². The van der Waals surface area contributed by atoms with Gasteiger partial charge in [0, 0.05) is 6.54 Å². The molecule has 0 radical (unpaired) electrons. The van der Waals surface area contributed by atoms with Gasteiger partial charge in [0.2, 0.25) is 5.88 Å². The van der Waals surface area contributed by atoms with Gasteiger partial charge < -0.3 is 9.84 Å².